The molecule has 1 aromatic carbocycles. The van der Waals surface area contributed by atoms with E-state index in [1.54, 1.807) is 6.07 Å². The number of aromatic hydroxyl groups is 1. The minimum Gasteiger partial charge on any atom is -0.598 e. The third-order valence-electron chi connectivity index (χ3n) is 3.12. The van der Waals surface area contributed by atoms with Crippen molar-refractivity contribution in [2.24, 2.45) is 0 Å². The van der Waals surface area contributed by atoms with Gasteiger partial charge in [-0.1, -0.05) is 6.07 Å². The molecular formula is C17H29NO3S. The maximum absolute atomic E-state index is 12.1. The van der Waals surface area contributed by atoms with Gasteiger partial charge in [0.15, 0.2) is 11.5 Å². The quantitative estimate of drug-likeness (QED) is 0.752. The van der Waals surface area contributed by atoms with Gasteiger partial charge in [0.2, 0.25) is 0 Å². The van der Waals surface area contributed by atoms with Crippen LogP contribution in [0.5, 0.6) is 11.5 Å². The predicted molar refractivity (Wildman–Crippen MR) is 92.7 cm³/mol. The molecule has 0 aliphatic heterocycles. The van der Waals surface area contributed by atoms with Crippen molar-refractivity contribution in [1.82, 2.24) is 4.72 Å². The molecule has 0 aromatic heterocycles. The van der Waals surface area contributed by atoms with Crippen LogP contribution in [-0.2, 0) is 17.8 Å². The minimum absolute atomic E-state index is 0.0240. The number of hydrogen-bond donors (Lipinski definition) is 2. The normalized spacial score (nSPS) is 14.9. The minimum atomic E-state index is -1.06. The molecule has 126 valence electrons. The molecule has 1 aromatic rings. The summed E-state index contributed by atoms with van der Waals surface area (Å²) >= 11 is -1.06. The number of ether oxygens (including phenoxy) is 1. The first-order valence-electron chi connectivity index (χ1n) is 7.76. The van der Waals surface area contributed by atoms with Crippen LogP contribution in [0.1, 0.15) is 53.5 Å². The van der Waals surface area contributed by atoms with Crippen molar-refractivity contribution in [1.29, 1.82) is 0 Å². The Hall–Kier alpha value is -0.910. The van der Waals surface area contributed by atoms with Gasteiger partial charge >= 0.3 is 0 Å². The van der Waals surface area contributed by atoms with E-state index in [0.29, 0.717) is 5.75 Å². The topological polar surface area (TPSA) is 64.5 Å². The third kappa shape index (κ3) is 6.46. The highest BCUT2D eigenvalue weighted by Gasteiger charge is 2.27. The molecule has 0 heterocycles. The van der Waals surface area contributed by atoms with E-state index in [4.69, 9.17) is 4.74 Å². The van der Waals surface area contributed by atoms with Gasteiger partial charge < -0.3 is 14.4 Å². The van der Waals surface area contributed by atoms with Crippen LogP contribution in [0.15, 0.2) is 18.2 Å². The molecule has 1 unspecified atom stereocenters. The molecule has 4 nitrogen and oxygen atoms in total. The molecule has 5 heteroatoms. The van der Waals surface area contributed by atoms with Crippen molar-refractivity contribution in [3.8, 4) is 11.5 Å². The standard InChI is InChI=1S/C17H29NO3S/c1-12(2)21-16-11-14(9-10-15(16)19)8-7-13(3)18-22(20)17(4,5)6/h9-13,18-19H,7-8H2,1-6H3/t13-,22?/m1/s1. The fraction of sp³-hybridized carbons (Fsp3) is 0.647. The fourth-order valence-electron chi connectivity index (χ4n) is 1.86. The summed E-state index contributed by atoms with van der Waals surface area (Å²) in [5, 5.41) is 9.79. The van der Waals surface area contributed by atoms with Crippen LogP contribution >= 0.6 is 0 Å². The Balaban J connectivity index is 2.57. The van der Waals surface area contributed by atoms with Crippen LogP contribution in [0.3, 0.4) is 0 Å². The highest BCUT2D eigenvalue weighted by atomic mass is 32.2. The summed E-state index contributed by atoms with van der Waals surface area (Å²) in [6, 6.07) is 5.60. The van der Waals surface area contributed by atoms with E-state index in [9.17, 15) is 9.66 Å². The number of hydrogen-bond acceptors (Lipinski definition) is 4. The maximum atomic E-state index is 12.1. The molecule has 0 bridgehead atoms. The number of rotatable bonds is 7. The zero-order valence-electron chi connectivity index (χ0n) is 14.5. The number of aryl methyl sites for hydroxylation is 1. The number of phenols is 1. The zero-order valence-corrected chi connectivity index (χ0v) is 15.3. The van der Waals surface area contributed by atoms with Crippen molar-refractivity contribution in [2.75, 3.05) is 0 Å². The van der Waals surface area contributed by atoms with Crippen LogP contribution in [-0.4, -0.2) is 26.6 Å². The van der Waals surface area contributed by atoms with Gasteiger partial charge in [0, 0.05) is 11.4 Å². The lowest BCUT2D eigenvalue weighted by Crippen LogP contribution is -2.43. The summed E-state index contributed by atoms with van der Waals surface area (Å²) in [7, 11) is 0. The van der Waals surface area contributed by atoms with Crippen molar-refractivity contribution < 1.29 is 14.4 Å². The van der Waals surface area contributed by atoms with E-state index in [2.05, 4.69) is 4.72 Å². The molecule has 0 radical (unpaired) electrons. The summed E-state index contributed by atoms with van der Waals surface area (Å²) in [5.74, 6) is 0.684. The van der Waals surface area contributed by atoms with E-state index < -0.39 is 11.4 Å². The first kappa shape index (κ1) is 19.1. The maximum Gasteiger partial charge on any atom is 0.161 e. The second kappa shape index (κ2) is 8.09. The van der Waals surface area contributed by atoms with Crippen molar-refractivity contribution >= 4 is 11.4 Å². The smallest absolute Gasteiger partial charge is 0.161 e. The molecule has 0 amide bonds. The lowest BCUT2D eigenvalue weighted by molar-refractivity contribution is 0.231. The zero-order chi connectivity index (χ0) is 16.9. The first-order valence-corrected chi connectivity index (χ1v) is 8.91. The molecule has 0 saturated carbocycles. The van der Waals surface area contributed by atoms with Gasteiger partial charge in [0.25, 0.3) is 0 Å². The molecule has 0 aliphatic rings. The second-order valence-corrected chi connectivity index (χ2v) is 8.91. The van der Waals surface area contributed by atoms with E-state index in [1.165, 1.54) is 0 Å². The highest BCUT2D eigenvalue weighted by Crippen LogP contribution is 2.28. The molecule has 22 heavy (non-hydrogen) atoms. The van der Waals surface area contributed by atoms with Gasteiger partial charge in [-0.05, 0) is 72.1 Å². The van der Waals surface area contributed by atoms with Gasteiger partial charge in [0.1, 0.15) is 4.75 Å². The number of nitrogens with one attached hydrogen (secondary N) is 1. The monoisotopic (exact) mass is 327 g/mol. The Bertz CT molecular complexity index is 471. The Kier molecular flexibility index (Phi) is 7.03. The first-order chi connectivity index (χ1) is 10.1. The Morgan fingerprint density at radius 2 is 1.91 bits per heavy atom. The van der Waals surface area contributed by atoms with Gasteiger partial charge in [-0.25, -0.2) is 0 Å². The van der Waals surface area contributed by atoms with E-state index in [-0.39, 0.29) is 22.6 Å². The summed E-state index contributed by atoms with van der Waals surface area (Å²) in [6.07, 6.45) is 1.73. The lowest BCUT2D eigenvalue weighted by atomic mass is 10.1. The van der Waals surface area contributed by atoms with Crippen LogP contribution in [0, 0.1) is 0 Å². The lowest BCUT2D eigenvalue weighted by Gasteiger charge is -2.26. The van der Waals surface area contributed by atoms with Gasteiger partial charge in [0.05, 0.1) is 12.1 Å². The molecular weight excluding hydrogens is 298 g/mol. The van der Waals surface area contributed by atoms with Crippen LogP contribution in [0.4, 0.5) is 0 Å². The van der Waals surface area contributed by atoms with Crippen LogP contribution in [0.25, 0.3) is 0 Å². The molecule has 0 fully saturated rings. The highest BCUT2D eigenvalue weighted by molar-refractivity contribution is 7.90. The average molecular weight is 327 g/mol. The van der Waals surface area contributed by atoms with Crippen LogP contribution < -0.4 is 9.46 Å². The summed E-state index contributed by atoms with van der Waals surface area (Å²) in [4.78, 5) is 0. The van der Waals surface area contributed by atoms with Gasteiger partial charge in [-0.2, -0.15) is 0 Å². The Morgan fingerprint density at radius 3 is 2.45 bits per heavy atom. The van der Waals surface area contributed by atoms with E-state index in [0.717, 1.165) is 18.4 Å². The SMILES string of the molecule is CC(C)Oc1cc(CC[C@@H](C)N[S+]([O-])C(C)(C)C)ccc1O. The van der Waals surface area contributed by atoms with E-state index >= 15 is 0 Å². The molecule has 0 saturated heterocycles. The fourth-order valence-corrected chi connectivity index (χ4v) is 2.70. The van der Waals surface area contributed by atoms with Crippen LogP contribution in [0.2, 0.25) is 0 Å². The Labute approximate surface area is 137 Å². The third-order valence-corrected chi connectivity index (χ3v) is 4.85. The number of phenolic OH excluding ortho intramolecular Hbond substituents is 1. The predicted octanol–water partition coefficient (Wildman–Crippen LogP) is 3.55. The molecule has 1 rings (SSSR count). The number of benzene rings is 1. The van der Waals surface area contributed by atoms with Gasteiger partial charge in [-0.15, -0.1) is 4.72 Å². The Morgan fingerprint density at radius 1 is 1.27 bits per heavy atom. The molecule has 0 spiro atoms. The summed E-state index contributed by atoms with van der Waals surface area (Å²) < 4.78 is 20.5. The van der Waals surface area contributed by atoms with Gasteiger partial charge in [-0.3, -0.25) is 0 Å². The van der Waals surface area contributed by atoms with Crippen molar-refractivity contribution in [3.63, 3.8) is 0 Å². The molecule has 2 atom stereocenters. The molecule has 2 N–H and O–H groups in total. The summed E-state index contributed by atoms with van der Waals surface area (Å²) in [6.45, 7) is 11.8. The van der Waals surface area contributed by atoms with Crippen molar-refractivity contribution in [3.05, 3.63) is 23.8 Å². The summed E-state index contributed by atoms with van der Waals surface area (Å²) in [5.41, 5.74) is 1.10. The second-order valence-electron chi connectivity index (χ2n) is 6.91. The largest absolute Gasteiger partial charge is 0.598 e. The van der Waals surface area contributed by atoms with Crippen molar-refractivity contribution in [2.45, 2.75) is 71.3 Å². The van der Waals surface area contributed by atoms with E-state index in [1.807, 2.05) is 53.7 Å². The molecule has 0 aliphatic carbocycles. The average Bonchev–Trinajstić information content (AvgIpc) is 2.38.